The first kappa shape index (κ1) is 12.2. The van der Waals surface area contributed by atoms with Crippen molar-refractivity contribution in [1.82, 2.24) is 4.90 Å². The van der Waals surface area contributed by atoms with Crippen LogP contribution in [0.15, 0.2) is 30.3 Å². The van der Waals surface area contributed by atoms with Crippen LogP contribution in [0.5, 0.6) is 0 Å². The summed E-state index contributed by atoms with van der Waals surface area (Å²) < 4.78 is 0. The highest BCUT2D eigenvalue weighted by Gasteiger charge is 2.12. The van der Waals surface area contributed by atoms with Crippen molar-refractivity contribution in [1.29, 1.82) is 0 Å². The summed E-state index contributed by atoms with van der Waals surface area (Å²) in [4.78, 5) is 2.06. The molecule has 0 aromatic heterocycles. The van der Waals surface area contributed by atoms with Crippen molar-refractivity contribution < 1.29 is 10.2 Å². The number of nitrogens with zero attached hydrogens (tertiary/aromatic N) is 1. The first-order chi connectivity index (χ1) is 7.27. The van der Waals surface area contributed by atoms with Crippen molar-refractivity contribution in [2.24, 2.45) is 0 Å². The maximum atomic E-state index is 9.15. The molecule has 0 fully saturated rings. The molecule has 1 unspecified atom stereocenters. The fourth-order valence-corrected chi connectivity index (χ4v) is 1.60. The van der Waals surface area contributed by atoms with Crippen LogP contribution in [0.25, 0.3) is 0 Å². The minimum atomic E-state index is 0.0372. The maximum Gasteiger partial charge on any atom is 0.0587 e. The predicted molar refractivity (Wildman–Crippen MR) is 60.5 cm³/mol. The Balaban J connectivity index is 2.50. The van der Waals surface area contributed by atoms with Crippen LogP contribution in [0.2, 0.25) is 0 Å². The second-order valence-corrected chi connectivity index (χ2v) is 3.75. The van der Waals surface area contributed by atoms with Gasteiger partial charge in [0.1, 0.15) is 0 Å². The largest absolute Gasteiger partial charge is 0.396 e. The summed E-state index contributed by atoms with van der Waals surface area (Å²) in [5.74, 6) is 0. The van der Waals surface area contributed by atoms with E-state index in [0.29, 0.717) is 6.42 Å². The summed E-state index contributed by atoms with van der Waals surface area (Å²) in [6, 6.07) is 10.1. The number of hydrogen-bond acceptors (Lipinski definition) is 3. The van der Waals surface area contributed by atoms with Crippen LogP contribution in [-0.2, 0) is 6.54 Å². The molecule has 0 heterocycles. The Morgan fingerprint density at radius 3 is 2.40 bits per heavy atom. The molecule has 15 heavy (non-hydrogen) atoms. The average Bonchev–Trinajstić information content (AvgIpc) is 2.27. The summed E-state index contributed by atoms with van der Waals surface area (Å²) in [6.45, 7) is 1.00. The number of aliphatic hydroxyl groups excluding tert-OH is 2. The lowest BCUT2D eigenvalue weighted by Crippen LogP contribution is -2.35. The van der Waals surface area contributed by atoms with Gasteiger partial charge in [0.25, 0.3) is 0 Å². The smallest absolute Gasteiger partial charge is 0.0587 e. The molecule has 1 atom stereocenters. The van der Waals surface area contributed by atoms with Gasteiger partial charge in [0.15, 0.2) is 0 Å². The standard InChI is InChI=1S/C12H19NO2/c1-13(12(10-15)7-8-14)9-11-5-3-2-4-6-11/h2-6,12,14-15H,7-10H2,1H3. The van der Waals surface area contributed by atoms with Crippen molar-refractivity contribution in [3.63, 3.8) is 0 Å². The molecule has 0 radical (unpaired) electrons. The van der Waals surface area contributed by atoms with E-state index in [0.717, 1.165) is 6.54 Å². The molecule has 0 aliphatic carbocycles. The third kappa shape index (κ3) is 4.00. The van der Waals surface area contributed by atoms with Crippen LogP contribution in [0, 0.1) is 0 Å². The van der Waals surface area contributed by atoms with E-state index in [1.165, 1.54) is 5.56 Å². The number of aliphatic hydroxyl groups is 2. The van der Waals surface area contributed by atoms with Gasteiger partial charge < -0.3 is 10.2 Å². The van der Waals surface area contributed by atoms with Gasteiger partial charge in [-0.1, -0.05) is 30.3 Å². The summed E-state index contributed by atoms with van der Waals surface area (Å²) in [6.07, 6.45) is 0.611. The third-order valence-corrected chi connectivity index (χ3v) is 2.57. The van der Waals surface area contributed by atoms with Gasteiger partial charge in [-0.2, -0.15) is 0 Å². The van der Waals surface area contributed by atoms with Crippen LogP contribution in [0.1, 0.15) is 12.0 Å². The molecule has 0 saturated carbocycles. The van der Waals surface area contributed by atoms with Gasteiger partial charge in [0.2, 0.25) is 0 Å². The molecule has 2 N–H and O–H groups in total. The first-order valence-corrected chi connectivity index (χ1v) is 5.23. The van der Waals surface area contributed by atoms with Gasteiger partial charge in [-0.25, -0.2) is 0 Å². The van der Waals surface area contributed by atoms with E-state index in [-0.39, 0.29) is 19.3 Å². The molecular weight excluding hydrogens is 190 g/mol. The number of rotatable bonds is 6. The first-order valence-electron chi connectivity index (χ1n) is 5.23. The zero-order valence-corrected chi connectivity index (χ0v) is 9.13. The zero-order valence-electron chi connectivity index (χ0n) is 9.13. The van der Waals surface area contributed by atoms with E-state index < -0.39 is 0 Å². The molecule has 1 rings (SSSR count). The maximum absolute atomic E-state index is 9.15. The molecule has 1 aromatic rings. The van der Waals surface area contributed by atoms with Gasteiger partial charge >= 0.3 is 0 Å². The lowest BCUT2D eigenvalue weighted by molar-refractivity contribution is 0.115. The van der Waals surface area contributed by atoms with E-state index in [2.05, 4.69) is 17.0 Å². The molecule has 0 bridgehead atoms. The summed E-state index contributed by atoms with van der Waals surface area (Å²) in [5.41, 5.74) is 1.22. The van der Waals surface area contributed by atoms with Gasteiger partial charge in [-0.3, -0.25) is 4.90 Å². The van der Waals surface area contributed by atoms with Crippen LogP contribution < -0.4 is 0 Å². The zero-order chi connectivity index (χ0) is 11.1. The van der Waals surface area contributed by atoms with E-state index in [1.807, 2.05) is 25.2 Å². The third-order valence-electron chi connectivity index (χ3n) is 2.57. The predicted octanol–water partition coefficient (Wildman–Crippen LogP) is 0.862. The van der Waals surface area contributed by atoms with Crippen LogP contribution in [0.3, 0.4) is 0 Å². The fourth-order valence-electron chi connectivity index (χ4n) is 1.60. The Bertz CT molecular complexity index is 264. The highest BCUT2D eigenvalue weighted by molar-refractivity contribution is 5.14. The normalized spacial score (nSPS) is 13.1. The SMILES string of the molecule is CN(Cc1ccccc1)C(CO)CCO. The molecule has 3 heteroatoms. The Kier molecular flexibility index (Phi) is 5.32. The van der Waals surface area contributed by atoms with Gasteiger partial charge in [-0.05, 0) is 19.0 Å². The average molecular weight is 209 g/mol. The minimum Gasteiger partial charge on any atom is -0.396 e. The summed E-state index contributed by atoms with van der Waals surface area (Å²) in [7, 11) is 1.96. The van der Waals surface area contributed by atoms with Crippen molar-refractivity contribution in [2.75, 3.05) is 20.3 Å². The van der Waals surface area contributed by atoms with Gasteiger partial charge in [0.05, 0.1) is 6.61 Å². The van der Waals surface area contributed by atoms with E-state index in [4.69, 9.17) is 10.2 Å². The van der Waals surface area contributed by atoms with Crippen molar-refractivity contribution in [2.45, 2.75) is 19.0 Å². The van der Waals surface area contributed by atoms with Crippen molar-refractivity contribution >= 4 is 0 Å². The molecular formula is C12H19NO2. The number of hydrogen-bond donors (Lipinski definition) is 2. The van der Waals surface area contributed by atoms with Crippen molar-refractivity contribution in [3.8, 4) is 0 Å². The van der Waals surface area contributed by atoms with E-state index >= 15 is 0 Å². The monoisotopic (exact) mass is 209 g/mol. The molecule has 0 aliphatic heterocycles. The number of likely N-dealkylation sites (N-methyl/N-ethyl adjacent to an activating group) is 1. The second kappa shape index (κ2) is 6.56. The quantitative estimate of drug-likeness (QED) is 0.730. The topological polar surface area (TPSA) is 43.7 Å². The lowest BCUT2D eigenvalue weighted by Gasteiger charge is -2.25. The van der Waals surface area contributed by atoms with E-state index in [9.17, 15) is 0 Å². The van der Waals surface area contributed by atoms with Gasteiger partial charge in [-0.15, -0.1) is 0 Å². The fraction of sp³-hybridized carbons (Fsp3) is 0.500. The van der Waals surface area contributed by atoms with Crippen LogP contribution in [-0.4, -0.2) is 41.4 Å². The van der Waals surface area contributed by atoms with Crippen LogP contribution >= 0.6 is 0 Å². The summed E-state index contributed by atoms with van der Waals surface area (Å²) >= 11 is 0. The lowest BCUT2D eigenvalue weighted by atomic mass is 10.1. The Morgan fingerprint density at radius 2 is 1.87 bits per heavy atom. The highest BCUT2D eigenvalue weighted by Crippen LogP contribution is 2.07. The Morgan fingerprint density at radius 1 is 1.20 bits per heavy atom. The van der Waals surface area contributed by atoms with Crippen molar-refractivity contribution in [3.05, 3.63) is 35.9 Å². The molecule has 84 valence electrons. The molecule has 0 aliphatic rings. The Hall–Kier alpha value is -0.900. The van der Waals surface area contributed by atoms with Gasteiger partial charge in [0, 0.05) is 19.2 Å². The highest BCUT2D eigenvalue weighted by atomic mass is 16.3. The molecule has 1 aromatic carbocycles. The molecule has 0 amide bonds. The number of benzene rings is 1. The minimum absolute atomic E-state index is 0.0372. The Labute approximate surface area is 91.0 Å². The molecule has 3 nitrogen and oxygen atoms in total. The van der Waals surface area contributed by atoms with Crippen LogP contribution in [0.4, 0.5) is 0 Å². The summed E-state index contributed by atoms with van der Waals surface area (Å²) in [5, 5.41) is 18.0. The molecule has 0 saturated heterocycles. The molecule has 0 spiro atoms. The van der Waals surface area contributed by atoms with E-state index in [1.54, 1.807) is 0 Å². The second-order valence-electron chi connectivity index (χ2n) is 3.75.